The second-order valence-electron chi connectivity index (χ2n) is 5.30. The van der Waals surface area contributed by atoms with Crippen LogP contribution < -0.4 is 0 Å². The van der Waals surface area contributed by atoms with Crippen LogP contribution in [0.25, 0.3) is 0 Å². The second kappa shape index (κ2) is 7.41. The number of methoxy groups -OCH3 is 1. The quantitative estimate of drug-likeness (QED) is 0.857. The van der Waals surface area contributed by atoms with Crippen LogP contribution in [0.15, 0.2) is 24.3 Å². The molecule has 1 atom stereocenters. The summed E-state index contributed by atoms with van der Waals surface area (Å²) in [6.07, 6.45) is 4.56. The Balaban J connectivity index is 2.17. The first kappa shape index (κ1) is 15.0. The SMILES string of the molecule is COC(=O)c1ccccc1CN1CCCCCC1CO. The molecule has 1 aliphatic heterocycles. The van der Waals surface area contributed by atoms with Gasteiger partial charge in [-0.05, 0) is 31.0 Å². The number of hydrogen-bond acceptors (Lipinski definition) is 4. The van der Waals surface area contributed by atoms with Crippen LogP contribution in [0.2, 0.25) is 0 Å². The minimum Gasteiger partial charge on any atom is -0.465 e. The van der Waals surface area contributed by atoms with Crippen molar-refractivity contribution in [3.05, 3.63) is 35.4 Å². The van der Waals surface area contributed by atoms with E-state index in [1.165, 1.54) is 20.0 Å². The maximum absolute atomic E-state index is 11.8. The van der Waals surface area contributed by atoms with Crippen molar-refractivity contribution in [1.29, 1.82) is 0 Å². The summed E-state index contributed by atoms with van der Waals surface area (Å²) in [5.74, 6) is -0.295. The number of likely N-dealkylation sites (tertiary alicyclic amines) is 1. The highest BCUT2D eigenvalue weighted by atomic mass is 16.5. The standard InChI is InChI=1S/C16H23NO3/c1-20-16(19)15-9-5-4-7-13(15)11-17-10-6-2-3-8-14(17)12-18/h4-5,7,9,14,18H,2-3,6,8,10-12H2,1H3. The van der Waals surface area contributed by atoms with Crippen molar-refractivity contribution < 1.29 is 14.6 Å². The lowest BCUT2D eigenvalue weighted by Gasteiger charge is -2.29. The maximum atomic E-state index is 11.8. The number of aliphatic hydroxyl groups is 1. The zero-order valence-electron chi connectivity index (χ0n) is 12.0. The van der Waals surface area contributed by atoms with Gasteiger partial charge in [-0.25, -0.2) is 4.79 Å². The smallest absolute Gasteiger partial charge is 0.338 e. The summed E-state index contributed by atoms with van der Waals surface area (Å²) >= 11 is 0. The maximum Gasteiger partial charge on any atom is 0.338 e. The molecule has 0 aromatic heterocycles. The second-order valence-corrected chi connectivity index (χ2v) is 5.30. The molecular weight excluding hydrogens is 254 g/mol. The molecule has 4 nitrogen and oxygen atoms in total. The Kier molecular flexibility index (Phi) is 5.56. The average molecular weight is 277 g/mol. The normalized spacial score (nSPS) is 20.4. The molecule has 1 saturated heterocycles. The van der Waals surface area contributed by atoms with E-state index in [0.29, 0.717) is 12.1 Å². The number of carbonyl (C=O) groups is 1. The van der Waals surface area contributed by atoms with Crippen LogP contribution in [0.5, 0.6) is 0 Å². The number of ether oxygens (including phenoxy) is 1. The molecule has 2 rings (SSSR count). The zero-order valence-corrected chi connectivity index (χ0v) is 12.0. The van der Waals surface area contributed by atoms with Crippen LogP contribution in [-0.2, 0) is 11.3 Å². The minimum atomic E-state index is -0.295. The van der Waals surface area contributed by atoms with Crippen molar-refractivity contribution in [3.63, 3.8) is 0 Å². The van der Waals surface area contributed by atoms with Crippen molar-refractivity contribution >= 4 is 5.97 Å². The Bertz CT molecular complexity index is 447. The van der Waals surface area contributed by atoms with Gasteiger partial charge >= 0.3 is 5.97 Å². The predicted octanol–water partition coefficient (Wildman–Crippen LogP) is 2.21. The molecule has 0 spiro atoms. The van der Waals surface area contributed by atoms with Gasteiger partial charge in [0.1, 0.15) is 0 Å². The first-order chi connectivity index (χ1) is 9.76. The third-order valence-electron chi connectivity index (χ3n) is 4.01. The van der Waals surface area contributed by atoms with Gasteiger partial charge in [0.25, 0.3) is 0 Å². The Hall–Kier alpha value is -1.39. The molecule has 0 radical (unpaired) electrons. The fourth-order valence-corrected chi connectivity index (χ4v) is 2.84. The van der Waals surface area contributed by atoms with Crippen LogP contribution in [-0.4, -0.2) is 42.3 Å². The highest BCUT2D eigenvalue weighted by Crippen LogP contribution is 2.21. The summed E-state index contributed by atoms with van der Waals surface area (Å²) in [6, 6.07) is 7.75. The first-order valence-corrected chi connectivity index (χ1v) is 7.27. The molecule has 1 aliphatic rings. The highest BCUT2D eigenvalue weighted by molar-refractivity contribution is 5.90. The molecule has 1 fully saturated rings. The Labute approximate surface area is 120 Å². The molecule has 1 unspecified atom stereocenters. The summed E-state index contributed by atoms with van der Waals surface area (Å²) in [7, 11) is 1.40. The van der Waals surface area contributed by atoms with E-state index in [9.17, 15) is 9.90 Å². The average Bonchev–Trinajstić information content (AvgIpc) is 2.72. The topological polar surface area (TPSA) is 49.8 Å². The molecule has 0 aliphatic carbocycles. The molecule has 4 heteroatoms. The van der Waals surface area contributed by atoms with Gasteiger partial charge in [0.15, 0.2) is 0 Å². The van der Waals surface area contributed by atoms with E-state index < -0.39 is 0 Å². The van der Waals surface area contributed by atoms with Gasteiger partial charge in [-0.15, -0.1) is 0 Å². The Morgan fingerprint density at radius 1 is 1.35 bits per heavy atom. The lowest BCUT2D eigenvalue weighted by Crippen LogP contribution is -2.37. The molecule has 110 valence electrons. The third kappa shape index (κ3) is 3.58. The molecule has 1 N–H and O–H groups in total. The van der Waals surface area contributed by atoms with Gasteiger partial charge in [-0.3, -0.25) is 4.90 Å². The lowest BCUT2D eigenvalue weighted by atomic mass is 10.1. The van der Waals surface area contributed by atoms with Crippen molar-refractivity contribution in [1.82, 2.24) is 4.90 Å². The molecule has 0 amide bonds. The predicted molar refractivity (Wildman–Crippen MR) is 77.5 cm³/mol. The lowest BCUT2D eigenvalue weighted by molar-refractivity contribution is 0.0596. The van der Waals surface area contributed by atoms with E-state index >= 15 is 0 Å². The van der Waals surface area contributed by atoms with Crippen LogP contribution in [0.3, 0.4) is 0 Å². The summed E-state index contributed by atoms with van der Waals surface area (Å²) in [5, 5.41) is 9.56. The first-order valence-electron chi connectivity index (χ1n) is 7.27. The van der Waals surface area contributed by atoms with E-state index in [1.54, 1.807) is 6.07 Å². The van der Waals surface area contributed by atoms with Gasteiger partial charge in [-0.1, -0.05) is 31.0 Å². The van der Waals surface area contributed by atoms with Gasteiger partial charge < -0.3 is 9.84 Å². The van der Waals surface area contributed by atoms with E-state index in [2.05, 4.69) is 4.90 Å². The van der Waals surface area contributed by atoms with Gasteiger partial charge in [0.05, 0.1) is 19.3 Å². The minimum absolute atomic E-state index is 0.181. The third-order valence-corrected chi connectivity index (χ3v) is 4.01. The number of esters is 1. The molecular formula is C16H23NO3. The number of benzene rings is 1. The van der Waals surface area contributed by atoms with E-state index in [0.717, 1.165) is 24.9 Å². The van der Waals surface area contributed by atoms with Gasteiger partial charge in [0, 0.05) is 12.6 Å². The van der Waals surface area contributed by atoms with Crippen LogP contribution in [0.1, 0.15) is 41.6 Å². The summed E-state index contributed by atoms with van der Waals surface area (Å²) < 4.78 is 4.84. The fraction of sp³-hybridized carbons (Fsp3) is 0.562. The zero-order chi connectivity index (χ0) is 14.4. The molecule has 0 bridgehead atoms. The van der Waals surface area contributed by atoms with Crippen molar-refractivity contribution in [2.24, 2.45) is 0 Å². The number of hydrogen-bond donors (Lipinski definition) is 1. The molecule has 1 heterocycles. The van der Waals surface area contributed by atoms with Crippen molar-refractivity contribution in [3.8, 4) is 0 Å². The fourth-order valence-electron chi connectivity index (χ4n) is 2.84. The largest absolute Gasteiger partial charge is 0.465 e. The molecule has 1 aromatic carbocycles. The summed E-state index contributed by atoms with van der Waals surface area (Å²) in [6.45, 7) is 1.84. The van der Waals surface area contributed by atoms with E-state index in [4.69, 9.17) is 4.74 Å². The van der Waals surface area contributed by atoms with Crippen molar-refractivity contribution in [2.75, 3.05) is 20.3 Å². The van der Waals surface area contributed by atoms with Crippen molar-refractivity contribution in [2.45, 2.75) is 38.3 Å². The molecule has 1 aromatic rings. The number of nitrogens with zero attached hydrogens (tertiary/aromatic N) is 1. The highest BCUT2D eigenvalue weighted by Gasteiger charge is 2.22. The summed E-state index contributed by atoms with van der Waals surface area (Å²) in [4.78, 5) is 14.1. The molecule has 0 saturated carbocycles. The van der Waals surface area contributed by atoms with Gasteiger partial charge in [0.2, 0.25) is 0 Å². The Morgan fingerprint density at radius 2 is 2.15 bits per heavy atom. The van der Waals surface area contributed by atoms with Gasteiger partial charge in [-0.2, -0.15) is 0 Å². The van der Waals surface area contributed by atoms with E-state index in [-0.39, 0.29) is 18.6 Å². The van der Waals surface area contributed by atoms with E-state index in [1.807, 2.05) is 18.2 Å². The number of rotatable bonds is 4. The molecule has 20 heavy (non-hydrogen) atoms. The number of aliphatic hydroxyl groups excluding tert-OH is 1. The monoisotopic (exact) mass is 277 g/mol. The number of carbonyl (C=O) groups excluding carboxylic acids is 1. The van der Waals surface area contributed by atoms with Crippen LogP contribution in [0, 0.1) is 0 Å². The van der Waals surface area contributed by atoms with Crippen LogP contribution in [0.4, 0.5) is 0 Å². The van der Waals surface area contributed by atoms with Crippen LogP contribution >= 0.6 is 0 Å². The summed E-state index contributed by atoms with van der Waals surface area (Å²) in [5.41, 5.74) is 1.59. The Morgan fingerprint density at radius 3 is 2.90 bits per heavy atom.